The molecule has 9 heteroatoms. The van der Waals surface area contributed by atoms with Gasteiger partial charge in [0.05, 0.1) is 0 Å². The van der Waals surface area contributed by atoms with Gasteiger partial charge in [0.25, 0.3) is 0 Å². The van der Waals surface area contributed by atoms with Crippen LogP contribution in [0.3, 0.4) is 0 Å². The molecular weight excluding hydrogens is 415 g/mol. The number of ether oxygens (including phenoxy) is 2. The summed E-state index contributed by atoms with van der Waals surface area (Å²) in [6.07, 6.45) is -7.71. The molecule has 2 aromatic rings. The van der Waals surface area contributed by atoms with E-state index in [0.29, 0.717) is 0 Å². The Balaban J connectivity index is 1.47. The molecule has 1 fully saturated rings. The van der Waals surface area contributed by atoms with Crippen LogP contribution in [0.15, 0.2) is 48.5 Å². The Bertz CT molecular complexity index is 984. The first-order valence-electron chi connectivity index (χ1n) is 9.61. The van der Waals surface area contributed by atoms with Crippen molar-refractivity contribution in [1.82, 2.24) is 5.32 Å². The molecule has 31 heavy (non-hydrogen) atoms. The van der Waals surface area contributed by atoms with Crippen molar-refractivity contribution >= 4 is 12.1 Å². The fourth-order valence-corrected chi connectivity index (χ4v) is 4.51. The summed E-state index contributed by atoms with van der Waals surface area (Å²) in [5.74, 6) is -1.83. The number of alkyl carbamates (subject to hydrolysis) is 1. The van der Waals surface area contributed by atoms with Crippen LogP contribution >= 0.6 is 0 Å². The van der Waals surface area contributed by atoms with Crippen molar-refractivity contribution in [3.8, 4) is 11.1 Å². The van der Waals surface area contributed by atoms with Crippen LogP contribution in [0.25, 0.3) is 11.1 Å². The molecule has 2 aliphatic rings. The van der Waals surface area contributed by atoms with Gasteiger partial charge in [-0.15, -0.1) is 0 Å². The second kappa shape index (κ2) is 7.26. The average Bonchev–Trinajstić information content (AvgIpc) is 3.01. The van der Waals surface area contributed by atoms with Gasteiger partial charge in [-0.2, -0.15) is 13.2 Å². The zero-order chi connectivity index (χ0) is 22.4. The molecule has 0 spiro atoms. The topological polar surface area (TPSA) is 84.9 Å². The van der Waals surface area contributed by atoms with Gasteiger partial charge in [0.1, 0.15) is 12.1 Å². The minimum absolute atomic E-state index is 0.0791. The molecule has 0 aromatic heterocycles. The lowest BCUT2D eigenvalue weighted by atomic mass is 9.64. The number of benzene rings is 2. The third-order valence-corrected chi connectivity index (χ3v) is 6.18. The number of nitrogens with one attached hydrogen (secondary N) is 1. The van der Waals surface area contributed by atoms with E-state index in [-0.39, 0.29) is 12.5 Å². The molecule has 164 valence electrons. The molecule has 0 radical (unpaired) electrons. The predicted molar refractivity (Wildman–Crippen MR) is 104 cm³/mol. The number of carboxylic acids is 1. The van der Waals surface area contributed by atoms with Crippen molar-refractivity contribution in [3.63, 3.8) is 0 Å². The molecule has 0 heterocycles. The van der Waals surface area contributed by atoms with Gasteiger partial charge in [-0.3, -0.25) is 0 Å². The largest absolute Gasteiger partial charge is 0.479 e. The molecular formula is C22H20F3NO5. The molecule has 0 unspecified atom stereocenters. The first-order chi connectivity index (χ1) is 14.6. The van der Waals surface area contributed by atoms with Gasteiger partial charge < -0.3 is 19.9 Å². The smallest absolute Gasteiger partial charge is 0.417 e. The maximum Gasteiger partial charge on any atom is 0.417 e. The van der Waals surface area contributed by atoms with Crippen molar-refractivity contribution in [2.75, 3.05) is 13.7 Å². The van der Waals surface area contributed by atoms with Crippen LogP contribution in [0.2, 0.25) is 0 Å². The number of amides is 1. The minimum Gasteiger partial charge on any atom is -0.479 e. The summed E-state index contributed by atoms with van der Waals surface area (Å²) >= 11 is 0. The molecule has 2 aliphatic carbocycles. The highest BCUT2D eigenvalue weighted by molar-refractivity contribution is 5.86. The second-order valence-corrected chi connectivity index (χ2v) is 7.89. The molecule has 2 N–H and O–H groups in total. The number of carbonyl (C=O) groups is 2. The third-order valence-electron chi connectivity index (χ3n) is 6.18. The number of hydrogen-bond acceptors (Lipinski definition) is 4. The Kier molecular flexibility index (Phi) is 4.96. The molecule has 0 saturated heterocycles. The zero-order valence-electron chi connectivity index (χ0n) is 16.5. The molecule has 1 saturated carbocycles. The van der Waals surface area contributed by atoms with E-state index in [4.69, 9.17) is 4.74 Å². The van der Waals surface area contributed by atoms with E-state index in [1.54, 1.807) is 0 Å². The molecule has 1 amide bonds. The highest BCUT2D eigenvalue weighted by Gasteiger charge is 2.72. The lowest BCUT2D eigenvalue weighted by Crippen LogP contribution is -2.74. The fraction of sp³-hybridized carbons (Fsp3) is 0.364. The van der Waals surface area contributed by atoms with E-state index in [2.05, 4.69) is 10.1 Å². The highest BCUT2D eigenvalue weighted by atomic mass is 19.4. The minimum atomic E-state index is -4.76. The van der Waals surface area contributed by atoms with Crippen LogP contribution in [0.1, 0.15) is 29.9 Å². The number of fused-ring (bicyclic) bond motifs is 3. The van der Waals surface area contributed by atoms with E-state index < -0.39 is 42.2 Å². The number of halogens is 3. The van der Waals surface area contributed by atoms with Crippen molar-refractivity contribution in [2.24, 2.45) is 0 Å². The molecule has 6 nitrogen and oxygen atoms in total. The van der Waals surface area contributed by atoms with Gasteiger partial charge >= 0.3 is 18.2 Å². The normalized spacial score (nSPS) is 24.6. The van der Waals surface area contributed by atoms with E-state index >= 15 is 0 Å². The van der Waals surface area contributed by atoms with E-state index in [1.165, 1.54) is 0 Å². The van der Waals surface area contributed by atoms with Crippen molar-refractivity contribution < 1.29 is 37.3 Å². The number of alkyl halides is 3. The Morgan fingerprint density at radius 3 is 2.03 bits per heavy atom. The first-order valence-corrected chi connectivity index (χ1v) is 9.61. The van der Waals surface area contributed by atoms with Gasteiger partial charge in [0, 0.05) is 25.9 Å². The van der Waals surface area contributed by atoms with Crippen molar-refractivity contribution in [3.05, 3.63) is 59.7 Å². The molecule has 0 aliphatic heterocycles. The highest BCUT2D eigenvalue weighted by Crippen LogP contribution is 2.53. The van der Waals surface area contributed by atoms with Crippen molar-refractivity contribution in [1.29, 1.82) is 0 Å². The quantitative estimate of drug-likeness (QED) is 0.739. The number of carbonyl (C=O) groups excluding carboxylic acids is 1. The number of methoxy groups -OCH3 is 1. The van der Waals surface area contributed by atoms with Crippen LogP contribution in [-0.4, -0.2) is 48.2 Å². The first kappa shape index (κ1) is 21.2. The van der Waals surface area contributed by atoms with Gasteiger partial charge in [0.15, 0.2) is 5.60 Å². The number of carboxylic acid groups (broad SMARTS) is 1. The molecule has 0 bridgehead atoms. The number of hydrogen-bond donors (Lipinski definition) is 2. The van der Waals surface area contributed by atoms with Gasteiger partial charge in [-0.1, -0.05) is 48.5 Å². The SMILES string of the molecule is COC1(C(F)(F)F)CC(NC(=O)OCC2c3ccccc3-c3ccccc32)(C(=O)O)C1. The summed E-state index contributed by atoms with van der Waals surface area (Å²) in [7, 11) is 0.868. The third kappa shape index (κ3) is 3.33. The standard InChI is InChI=1S/C22H20F3NO5/c1-30-21(22(23,24)25)11-20(12-21,18(27)28)26-19(29)31-10-17-15-8-4-2-6-13(15)14-7-3-5-9-16(14)17/h2-9,17H,10-12H2,1H3,(H,26,29)(H,27,28). The molecule has 0 atom stereocenters. The molecule has 2 aromatic carbocycles. The Morgan fingerprint density at radius 2 is 1.58 bits per heavy atom. The maximum atomic E-state index is 13.3. The second-order valence-electron chi connectivity index (χ2n) is 7.89. The van der Waals surface area contributed by atoms with E-state index in [0.717, 1.165) is 29.4 Å². The van der Waals surface area contributed by atoms with Gasteiger partial charge in [-0.25, -0.2) is 9.59 Å². The Hall–Kier alpha value is -3.07. The van der Waals surface area contributed by atoms with E-state index in [1.807, 2.05) is 48.5 Å². The van der Waals surface area contributed by atoms with Gasteiger partial charge in [0.2, 0.25) is 0 Å². The Morgan fingerprint density at radius 1 is 1.06 bits per heavy atom. The summed E-state index contributed by atoms with van der Waals surface area (Å²) in [5.41, 5.74) is -0.755. The number of rotatable bonds is 5. The monoisotopic (exact) mass is 435 g/mol. The predicted octanol–water partition coefficient (Wildman–Crippen LogP) is 4.09. The van der Waals surface area contributed by atoms with Crippen LogP contribution < -0.4 is 5.32 Å². The summed E-state index contributed by atoms with van der Waals surface area (Å²) in [6, 6.07) is 15.3. The zero-order valence-corrected chi connectivity index (χ0v) is 16.5. The van der Waals surface area contributed by atoms with Crippen LogP contribution in [-0.2, 0) is 14.3 Å². The summed E-state index contributed by atoms with van der Waals surface area (Å²) < 4.78 is 49.7. The summed E-state index contributed by atoms with van der Waals surface area (Å²) in [6.45, 7) is -0.0791. The lowest BCUT2D eigenvalue weighted by Gasteiger charge is -2.52. The van der Waals surface area contributed by atoms with Gasteiger partial charge in [-0.05, 0) is 22.3 Å². The number of aliphatic carboxylic acids is 1. The van der Waals surface area contributed by atoms with Crippen LogP contribution in [0.4, 0.5) is 18.0 Å². The van der Waals surface area contributed by atoms with Crippen LogP contribution in [0.5, 0.6) is 0 Å². The van der Waals surface area contributed by atoms with Crippen molar-refractivity contribution in [2.45, 2.75) is 36.1 Å². The Labute approximate surface area is 176 Å². The van der Waals surface area contributed by atoms with E-state index in [9.17, 15) is 27.9 Å². The maximum absolute atomic E-state index is 13.3. The summed E-state index contributed by atoms with van der Waals surface area (Å²) in [4.78, 5) is 24.0. The molecule has 4 rings (SSSR count). The average molecular weight is 435 g/mol. The lowest BCUT2D eigenvalue weighted by molar-refractivity contribution is -0.312. The fourth-order valence-electron chi connectivity index (χ4n) is 4.51. The summed E-state index contributed by atoms with van der Waals surface area (Å²) in [5, 5.41) is 11.6. The van der Waals surface area contributed by atoms with Crippen LogP contribution in [0, 0.1) is 0 Å².